The van der Waals surface area contributed by atoms with Crippen LogP contribution in [0.5, 0.6) is 0 Å². The van der Waals surface area contributed by atoms with Crippen molar-refractivity contribution in [2.24, 2.45) is 0 Å². The topological polar surface area (TPSA) is 41.0 Å². The van der Waals surface area contributed by atoms with Gasteiger partial charge in [0.05, 0.1) is 12.2 Å². The van der Waals surface area contributed by atoms with E-state index in [2.05, 4.69) is 26.1 Å². The van der Waals surface area contributed by atoms with Gasteiger partial charge in [0.25, 0.3) is 0 Å². The summed E-state index contributed by atoms with van der Waals surface area (Å²) in [5.74, 6) is 3.54. The lowest BCUT2D eigenvalue weighted by molar-refractivity contribution is 0.217. The number of rotatable bonds is 4. The molecule has 96 valence electrons. The number of hydrogen-bond donors (Lipinski definition) is 1. The van der Waals surface area contributed by atoms with Crippen molar-refractivity contribution in [2.45, 2.75) is 32.4 Å². The zero-order valence-corrected chi connectivity index (χ0v) is 10.9. The van der Waals surface area contributed by atoms with Crippen LogP contribution in [0.15, 0.2) is 12.3 Å². The molecule has 4 nitrogen and oxygen atoms in total. The molecule has 0 radical (unpaired) electrons. The Morgan fingerprint density at radius 2 is 2.28 bits per heavy atom. The van der Waals surface area contributed by atoms with Crippen LogP contribution in [0, 0.1) is 19.3 Å². The maximum atomic E-state index is 5.32. The third kappa shape index (κ3) is 3.80. The van der Waals surface area contributed by atoms with E-state index in [9.17, 15) is 0 Å². The highest BCUT2D eigenvalue weighted by molar-refractivity contribution is 5.01. The molecule has 1 aromatic heterocycles. The smallest absolute Gasteiger partial charge is 0.125 e. The molecule has 1 aliphatic heterocycles. The lowest BCUT2D eigenvalue weighted by Gasteiger charge is -2.31. The molecule has 1 aliphatic rings. The van der Waals surface area contributed by atoms with Crippen LogP contribution in [-0.4, -0.2) is 40.5 Å². The number of likely N-dealkylation sites (tertiary alicyclic amines) is 1. The zero-order chi connectivity index (χ0) is 12.8. The molecule has 1 fully saturated rings. The van der Waals surface area contributed by atoms with E-state index in [4.69, 9.17) is 6.42 Å². The Morgan fingerprint density at radius 1 is 1.50 bits per heavy atom. The highest BCUT2D eigenvalue weighted by Crippen LogP contribution is 2.10. The van der Waals surface area contributed by atoms with E-state index in [-0.39, 0.29) is 0 Å². The average molecular weight is 244 g/mol. The third-order valence-corrected chi connectivity index (χ3v) is 3.31. The number of hydrogen-bond acceptors (Lipinski definition) is 4. The van der Waals surface area contributed by atoms with E-state index < -0.39 is 0 Å². The first-order valence-corrected chi connectivity index (χ1v) is 6.45. The molecule has 0 bridgehead atoms. The summed E-state index contributed by atoms with van der Waals surface area (Å²) in [5, 5.41) is 3.56. The van der Waals surface area contributed by atoms with Crippen molar-refractivity contribution >= 4 is 0 Å². The fourth-order valence-electron chi connectivity index (χ4n) is 2.28. The normalized spacial score (nSPS) is 17.6. The van der Waals surface area contributed by atoms with Crippen LogP contribution in [0.25, 0.3) is 0 Å². The van der Waals surface area contributed by atoms with E-state index in [1.807, 2.05) is 19.2 Å². The van der Waals surface area contributed by atoms with Gasteiger partial charge in [-0.2, -0.15) is 0 Å². The number of aromatic nitrogens is 2. The zero-order valence-electron chi connectivity index (χ0n) is 10.9. The molecule has 1 N–H and O–H groups in total. The number of terminal acetylenes is 1. The monoisotopic (exact) mass is 244 g/mol. The number of piperidine rings is 1. The molecule has 18 heavy (non-hydrogen) atoms. The lowest BCUT2D eigenvalue weighted by atomic mass is 10.1. The van der Waals surface area contributed by atoms with Crippen LogP contribution in [0.3, 0.4) is 0 Å². The number of aryl methyl sites for hydroxylation is 1. The van der Waals surface area contributed by atoms with Crippen molar-refractivity contribution in [3.63, 3.8) is 0 Å². The van der Waals surface area contributed by atoms with E-state index in [0.717, 1.165) is 50.5 Å². The highest BCUT2D eigenvalue weighted by atomic mass is 15.1. The molecule has 4 heteroatoms. The predicted molar refractivity (Wildman–Crippen MR) is 71.9 cm³/mol. The number of nitrogens with zero attached hydrogens (tertiary/aromatic N) is 3. The molecule has 0 spiro atoms. The summed E-state index contributed by atoms with van der Waals surface area (Å²) in [6.07, 6.45) is 9.45. The molecule has 0 atom stereocenters. The highest BCUT2D eigenvalue weighted by Gasteiger charge is 2.17. The molecule has 1 aromatic rings. The molecular weight excluding hydrogens is 224 g/mol. The van der Waals surface area contributed by atoms with Gasteiger partial charge in [-0.25, -0.2) is 9.97 Å². The second-order valence-electron chi connectivity index (χ2n) is 4.73. The molecule has 0 aromatic carbocycles. The molecule has 0 unspecified atom stereocenters. The van der Waals surface area contributed by atoms with Gasteiger partial charge < -0.3 is 5.32 Å². The second-order valence-corrected chi connectivity index (χ2v) is 4.73. The summed E-state index contributed by atoms with van der Waals surface area (Å²) >= 11 is 0. The SMILES string of the molecule is C#CCN1CCC(NCc2ccnc(C)n2)CC1. The first-order chi connectivity index (χ1) is 8.78. The molecule has 2 rings (SSSR count). The molecule has 0 amide bonds. The average Bonchev–Trinajstić information content (AvgIpc) is 2.38. The van der Waals surface area contributed by atoms with Crippen LogP contribution in [0.4, 0.5) is 0 Å². The minimum atomic E-state index is 0.578. The van der Waals surface area contributed by atoms with Crippen molar-refractivity contribution in [3.05, 3.63) is 23.8 Å². The Bertz CT molecular complexity index is 416. The Morgan fingerprint density at radius 3 is 2.94 bits per heavy atom. The Balaban J connectivity index is 1.74. The predicted octanol–water partition coefficient (Wildman–Crippen LogP) is 0.972. The Hall–Kier alpha value is -1.44. The fourth-order valence-corrected chi connectivity index (χ4v) is 2.28. The summed E-state index contributed by atoms with van der Waals surface area (Å²) in [5.41, 5.74) is 1.06. The summed E-state index contributed by atoms with van der Waals surface area (Å²) in [4.78, 5) is 10.8. The fraction of sp³-hybridized carbons (Fsp3) is 0.571. The van der Waals surface area contributed by atoms with Crippen LogP contribution < -0.4 is 5.32 Å². The quantitative estimate of drug-likeness (QED) is 0.801. The molecule has 0 aliphatic carbocycles. The van der Waals surface area contributed by atoms with Crippen LogP contribution >= 0.6 is 0 Å². The van der Waals surface area contributed by atoms with E-state index in [1.54, 1.807) is 0 Å². The van der Waals surface area contributed by atoms with Crippen LogP contribution in [0.1, 0.15) is 24.4 Å². The first-order valence-electron chi connectivity index (χ1n) is 6.45. The van der Waals surface area contributed by atoms with Gasteiger partial charge >= 0.3 is 0 Å². The third-order valence-electron chi connectivity index (χ3n) is 3.31. The summed E-state index contributed by atoms with van der Waals surface area (Å²) in [6, 6.07) is 2.54. The van der Waals surface area contributed by atoms with Gasteiger partial charge in [-0.1, -0.05) is 5.92 Å². The minimum Gasteiger partial charge on any atom is -0.308 e. The summed E-state index contributed by atoms with van der Waals surface area (Å²) in [7, 11) is 0. The lowest BCUT2D eigenvalue weighted by Crippen LogP contribution is -2.42. The van der Waals surface area contributed by atoms with Gasteiger partial charge in [-0.15, -0.1) is 6.42 Å². The van der Waals surface area contributed by atoms with Gasteiger partial charge in [0.1, 0.15) is 5.82 Å². The maximum absolute atomic E-state index is 5.32. The summed E-state index contributed by atoms with van der Waals surface area (Å²) in [6.45, 7) is 5.69. The van der Waals surface area contributed by atoms with Crippen LogP contribution in [-0.2, 0) is 6.54 Å². The molecule has 1 saturated heterocycles. The Labute approximate surface area is 109 Å². The van der Waals surface area contributed by atoms with Gasteiger partial charge in [0.2, 0.25) is 0 Å². The van der Waals surface area contributed by atoms with E-state index >= 15 is 0 Å². The molecular formula is C14H20N4. The first kappa shape index (κ1) is 13.0. The van der Waals surface area contributed by atoms with Crippen molar-refractivity contribution in [2.75, 3.05) is 19.6 Å². The van der Waals surface area contributed by atoms with Crippen molar-refractivity contribution in [1.29, 1.82) is 0 Å². The van der Waals surface area contributed by atoms with Crippen molar-refractivity contribution in [1.82, 2.24) is 20.2 Å². The standard InChI is InChI=1S/C14H20N4/c1-3-8-18-9-5-13(6-10-18)16-11-14-4-7-15-12(2)17-14/h1,4,7,13,16H,5-6,8-11H2,2H3. The van der Waals surface area contributed by atoms with Gasteiger partial charge in [-0.3, -0.25) is 4.90 Å². The molecule has 2 heterocycles. The van der Waals surface area contributed by atoms with E-state index in [1.165, 1.54) is 0 Å². The van der Waals surface area contributed by atoms with Gasteiger partial charge in [-0.05, 0) is 25.8 Å². The second kappa shape index (κ2) is 6.48. The maximum Gasteiger partial charge on any atom is 0.125 e. The van der Waals surface area contributed by atoms with E-state index in [0.29, 0.717) is 6.04 Å². The van der Waals surface area contributed by atoms with Gasteiger partial charge in [0.15, 0.2) is 0 Å². The van der Waals surface area contributed by atoms with Crippen molar-refractivity contribution < 1.29 is 0 Å². The Kier molecular flexibility index (Phi) is 4.68. The largest absolute Gasteiger partial charge is 0.308 e. The van der Waals surface area contributed by atoms with Crippen LogP contribution in [0.2, 0.25) is 0 Å². The molecule has 0 saturated carbocycles. The van der Waals surface area contributed by atoms with Gasteiger partial charge in [0, 0.05) is 31.9 Å². The van der Waals surface area contributed by atoms with Crippen molar-refractivity contribution in [3.8, 4) is 12.3 Å². The number of nitrogens with one attached hydrogen (secondary N) is 1. The summed E-state index contributed by atoms with van der Waals surface area (Å²) < 4.78 is 0. The minimum absolute atomic E-state index is 0.578.